The molecule has 112 valence electrons. The van der Waals surface area contributed by atoms with E-state index in [2.05, 4.69) is 20.3 Å². The molecule has 0 aliphatic carbocycles. The van der Waals surface area contributed by atoms with Crippen molar-refractivity contribution >= 4 is 17.7 Å². The summed E-state index contributed by atoms with van der Waals surface area (Å²) in [5.74, 6) is -1.42. The molecule has 5 nitrogen and oxygen atoms in total. The van der Waals surface area contributed by atoms with Crippen molar-refractivity contribution in [1.29, 1.82) is 0 Å². The van der Waals surface area contributed by atoms with Gasteiger partial charge in [-0.05, 0) is 36.4 Å². The number of nitrogens with zero attached hydrogens (tertiary/aromatic N) is 3. The topological polar surface area (TPSA) is 59.9 Å². The lowest BCUT2D eigenvalue weighted by atomic mass is 10.3. The summed E-state index contributed by atoms with van der Waals surface area (Å²) in [6, 6.07) is 3.77. The first-order valence-corrected chi connectivity index (χ1v) is 7.11. The number of hydrogen-bond acceptors (Lipinski definition) is 6. The molecule has 0 radical (unpaired) electrons. The minimum atomic E-state index is -0.912. The average Bonchev–Trinajstić information content (AvgIpc) is 2.48. The zero-order chi connectivity index (χ0) is 15.2. The van der Waals surface area contributed by atoms with Crippen LogP contribution in [0.4, 0.5) is 14.7 Å². The molecule has 0 fully saturated rings. The Bertz CT molecular complexity index is 627. The summed E-state index contributed by atoms with van der Waals surface area (Å²) in [4.78, 5) is 12.8. The summed E-state index contributed by atoms with van der Waals surface area (Å²) < 4.78 is 31.1. The summed E-state index contributed by atoms with van der Waals surface area (Å²) in [7, 11) is 1.45. The number of nitrogens with one attached hydrogen (secondary N) is 1. The molecule has 0 unspecified atom stereocenters. The van der Waals surface area contributed by atoms with Crippen LogP contribution in [-0.4, -0.2) is 28.6 Å². The van der Waals surface area contributed by atoms with Crippen LogP contribution in [-0.2, 0) is 0 Å². The lowest BCUT2D eigenvalue weighted by molar-refractivity contribution is 0.373. The second-order valence-electron chi connectivity index (χ2n) is 4.03. The molecule has 1 aromatic heterocycles. The third-order valence-corrected chi connectivity index (χ3v) is 3.27. The van der Waals surface area contributed by atoms with Gasteiger partial charge in [0.05, 0.1) is 7.11 Å². The zero-order valence-electron chi connectivity index (χ0n) is 11.6. The smallest absolute Gasteiger partial charge is 0.321 e. The lowest BCUT2D eigenvalue weighted by Crippen LogP contribution is -2.07. The van der Waals surface area contributed by atoms with E-state index in [0.717, 1.165) is 30.3 Å². The van der Waals surface area contributed by atoms with Gasteiger partial charge in [0.15, 0.2) is 11.6 Å². The summed E-state index contributed by atoms with van der Waals surface area (Å²) in [5, 5.41) is 3.37. The highest BCUT2D eigenvalue weighted by Gasteiger charge is 2.10. The summed E-state index contributed by atoms with van der Waals surface area (Å²) >= 11 is 1.10. The van der Waals surface area contributed by atoms with Gasteiger partial charge in [-0.15, -0.1) is 0 Å². The van der Waals surface area contributed by atoms with Crippen molar-refractivity contribution in [3.63, 3.8) is 0 Å². The van der Waals surface area contributed by atoms with E-state index < -0.39 is 11.6 Å². The fourth-order valence-electron chi connectivity index (χ4n) is 1.44. The molecular formula is C13H14F2N4OS. The average molecular weight is 312 g/mol. The van der Waals surface area contributed by atoms with Crippen LogP contribution < -0.4 is 10.1 Å². The molecule has 1 heterocycles. The van der Waals surface area contributed by atoms with E-state index in [1.807, 2.05) is 6.92 Å². The van der Waals surface area contributed by atoms with Gasteiger partial charge in [-0.1, -0.05) is 6.92 Å². The van der Waals surface area contributed by atoms with Gasteiger partial charge in [0.2, 0.25) is 11.1 Å². The van der Waals surface area contributed by atoms with E-state index in [1.165, 1.54) is 13.2 Å². The van der Waals surface area contributed by atoms with Crippen LogP contribution in [0.5, 0.6) is 6.01 Å². The Morgan fingerprint density at radius 3 is 2.67 bits per heavy atom. The van der Waals surface area contributed by atoms with Crippen LogP contribution in [0.3, 0.4) is 0 Å². The first-order valence-electron chi connectivity index (χ1n) is 6.29. The third kappa shape index (κ3) is 4.25. The number of benzene rings is 1. The molecule has 0 aliphatic rings. The minimum Gasteiger partial charge on any atom is -0.467 e. The number of halogens is 2. The van der Waals surface area contributed by atoms with E-state index in [4.69, 9.17) is 4.74 Å². The van der Waals surface area contributed by atoms with Gasteiger partial charge in [-0.25, -0.2) is 8.78 Å². The molecule has 0 bridgehead atoms. The molecule has 0 saturated heterocycles. The van der Waals surface area contributed by atoms with E-state index in [1.54, 1.807) is 0 Å². The van der Waals surface area contributed by atoms with Gasteiger partial charge < -0.3 is 10.1 Å². The number of hydrogen-bond donors (Lipinski definition) is 1. The van der Waals surface area contributed by atoms with Crippen LogP contribution in [0.1, 0.15) is 13.3 Å². The Balaban J connectivity index is 2.23. The number of ether oxygens (including phenoxy) is 1. The van der Waals surface area contributed by atoms with Crippen LogP contribution >= 0.6 is 11.8 Å². The van der Waals surface area contributed by atoms with Crippen molar-refractivity contribution in [3.05, 3.63) is 29.8 Å². The minimum absolute atomic E-state index is 0.161. The van der Waals surface area contributed by atoms with Crippen LogP contribution in [0.25, 0.3) is 0 Å². The summed E-state index contributed by atoms with van der Waals surface area (Å²) in [6.07, 6.45) is 0.916. The Kier molecular flexibility index (Phi) is 5.26. The first-order chi connectivity index (χ1) is 10.1. The fraction of sp³-hybridized carbons (Fsp3) is 0.308. The second kappa shape index (κ2) is 7.16. The van der Waals surface area contributed by atoms with Gasteiger partial charge in [0, 0.05) is 11.4 Å². The lowest BCUT2D eigenvalue weighted by Gasteiger charge is -2.07. The molecule has 2 aromatic rings. The zero-order valence-corrected chi connectivity index (χ0v) is 12.4. The molecule has 2 rings (SSSR count). The van der Waals surface area contributed by atoms with Crippen LogP contribution in [0, 0.1) is 11.6 Å². The fourth-order valence-corrected chi connectivity index (χ4v) is 2.20. The normalized spacial score (nSPS) is 10.5. The highest BCUT2D eigenvalue weighted by atomic mass is 32.2. The number of anilines is 1. The monoisotopic (exact) mass is 312 g/mol. The molecule has 0 atom stereocenters. The Morgan fingerprint density at radius 1 is 1.19 bits per heavy atom. The molecule has 8 heteroatoms. The van der Waals surface area contributed by atoms with Crippen molar-refractivity contribution in [1.82, 2.24) is 15.0 Å². The largest absolute Gasteiger partial charge is 0.467 e. The maximum atomic E-state index is 13.2. The Hall–Kier alpha value is -1.96. The van der Waals surface area contributed by atoms with Gasteiger partial charge in [-0.2, -0.15) is 15.0 Å². The Labute approximate surface area is 125 Å². The van der Waals surface area contributed by atoms with Crippen molar-refractivity contribution < 1.29 is 13.5 Å². The molecule has 0 saturated carbocycles. The van der Waals surface area contributed by atoms with Crippen LogP contribution in [0.15, 0.2) is 28.3 Å². The Morgan fingerprint density at radius 2 is 2.00 bits per heavy atom. The molecule has 1 N–H and O–H groups in total. The molecule has 21 heavy (non-hydrogen) atoms. The van der Waals surface area contributed by atoms with E-state index >= 15 is 0 Å². The molecule has 0 amide bonds. The highest BCUT2D eigenvalue weighted by Crippen LogP contribution is 2.27. The van der Waals surface area contributed by atoms with Gasteiger partial charge >= 0.3 is 6.01 Å². The standard InChI is InChI=1S/C13H14F2N4OS/c1-3-6-16-11-17-12(20-2)19-13(18-11)21-8-4-5-9(14)10(15)7-8/h4-5,7H,3,6H2,1-2H3,(H,16,17,18,19). The predicted octanol–water partition coefficient (Wildman–Crippen LogP) is 3.13. The van der Waals surface area contributed by atoms with Crippen molar-refractivity contribution in [2.75, 3.05) is 19.0 Å². The van der Waals surface area contributed by atoms with Crippen molar-refractivity contribution in [2.45, 2.75) is 23.4 Å². The second-order valence-corrected chi connectivity index (χ2v) is 5.07. The predicted molar refractivity (Wildman–Crippen MR) is 75.6 cm³/mol. The summed E-state index contributed by atoms with van der Waals surface area (Å²) in [5.41, 5.74) is 0. The van der Waals surface area contributed by atoms with Gasteiger partial charge in [0.1, 0.15) is 0 Å². The number of methoxy groups -OCH3 is 1. The van der Waals surface area contributed by atoms with Gasteiger partial charge in [0.25, 0.3) is 0 Å². The van der Waals surface area contributed by atoms with E-state index in [9.17, 15) is 8.78 Å². The SMILES string of the molecule is CCCNc1nc(OC)nc(Sc2ccc(F)c(F)c2)n1. The van der Waals surface area contributed by atoms with Crippen molar-refractivity contribution in [2.24, 2.45) is 0 Å². The quantitative estimate of drug-likeness (QED) is 0.884. The maximum absolute atomic E-state index is 13.2. The molecule has 1 aromatic carbocycles. The molecule has 0 spiro atoms. The van der Waals surface area contributed by atoms with Gasteiger partial charge in [-0.3, -0.25) is 0 Å². The third-order valence-electron chi connectivity index (χ3n) is 2.41. The highest BCUT2D eigenvalue weighted by molar-refractivity contribution is 7.99. The number of rotatable bonds is 6. The molecular weight excluding hydrogens is 298 g/mol. The van der Waals surface area contributed by atoms with E-state index in [0.29, 0.717) is 22.5 Å². The molecule has 0 aliphatic heterocycles. The van der Waals surface area contributed by atoms with Crippen molar-refractivity contribution in [3.8, 4) is 6.01 Å². The van der Waals surface area contributed by atoms with Crippen LogP contribution in [0.2, 0.25) is 0 Å². The number of aromatic nitrogens is 3. The first kappa shape index (κ1) is 15.4. The summed E-state index contributed by atoms with van der Waals surface area (Å²) in [6.45, 7) is 2.73. The van der Waals surface area contributed by atoms with E-state index in [-0.39, 0.29) is 6.01 Å². The maximum Gasteiger partial charge on any atom is 0.321 e.